The number of aryl methyl sites for hydroxylation is 2. The lowest BCUT2D eigenvalue weighted by Gasteiger charge is -2.17. The van der Waals surface area contributed by atoms with E-state index in [2.05, 4.69) is 19.6 Å². The Morgan fingerprint density at radius 3 is 2.63 bits per heavy atom. The molecule has 0 bridgehead atoms. The van der Waals surface area contributed by atoms with E-state index in [0.717, 1.165) is 24.5 Å². The standard InChI is InChI=1S/C19H26N4O3S/c1-16-21-18(23-11-5-6-12-23)15-19(22-16)26-13-10-20-27(24,25)14-9-17-7-3-2-4-8-17/h2-4,7-8,15,20H,5-6,9-14H2,1H3. The van der Waals surface area contributed by atoms with Crippen LogP contribution < -0.4 is 14.4 Å². The number of anilines is 1. The van der Waals surface area contributed by atoms with Crippen molar-refractivity contribution in [2.24, 2.45) is 0 Å². The number of benzene rings is 1. The van der Waals surface area contributed by atoms with Gasteiger partial charge in [-0.2, -0.15) is 4.98 Å². The molecule has 1 aliphatic rings. The molecule has 1 aromatic heterocycles. The third kappa shape index (κ3) is 6.18. The van der Waals surface area contributed by atoms with Gasteiger partial charge in [0.05, 0.1) is 5.75 Å². The Balaban J connectivity index is 1.45. The molecule has 1 fully saturated rings. The van der Waals surface area contributed by atoms with Crippen molar-refractivity contribution >= 4 is 15.8 Å². The minimum atomic E-state index is -3.33. The van der Waals surface area contributed by atoms with Gasteiger partial charge >= 0.3 is 0 Å². The second kappa shape index (κ2) is 9.14. The molecule has 0 saturated carbocycles. The molecule has 0 unspecified atom stereocenters. The maximum absolute atomic E-state index is 12.1. The molecule has 0 aliphatic carbocycles. The zero-order valence-electron chi connectivity index (χ0n) is 15.6. The molecular formula is C19H26N4O3S. The van der Waals surface area contributed by atoms with Crippen molar-refractivity contribution in [3.8, 4) is 5.88 Å². The summed E-state index contributed by atoms with van der Waals surface area (Å²) in [5.41, 5.74) is 1.00. The Labute approximate surface area is 160 Å². The fraction of sp³-hybridized carbons (Fsp3) is 0.474. The summed E-state index contributed by atoms with van der Waals surface area (Å²) in [4.78, 5) is 11.0. The first-order valence-electron chi connectivity index (χ1n) is 9.26. The highest BCUT2D eigenvalue weighted by molar-refractivity contribution is 7.89. The summed E-state index contributed by atoms with van der Waals surface area (Å²) in [6.45, 7) is 4.26. The van der Waals surface area contributed by atoms with Crippen LogP contribution in [0.4, 0.5) is 5.82 Å². The lowest BCUT2D eigenvalue weighted by atomic mass is 10.2. The van der Waals surface area contributed by atoms with E-state index < -0.39 is 10.0 Å². The molecule has 0 spiro atoms. The molecule has 1 aromatic carbocycles. The average Bonchev–Trinajstić information content (AvgIpc) is 3.19. The molecule has 7 nitrogen and oxygen atoms in total. The minimum absolute atomic E-state index is 0.0583. The van der Waals surface area contributed by atoms with Crippen molar-refractivity contribution < 1.29 is 13.2 Å². The maximum atomic E-state index is 12.1. The van der Waals surface area contributed by atoms with Crippen molar-refractivity contribution in [2.45, 2.75) is 26.2 Å². The summed E-state index contributed by atoms with van der Waals surface area (Å²) in [7, 11) is -3.33. The van der Waals surface area contributed by atoms with Crippen LogP contribution in [-0.4, -0.2) is 50.4 Å². The van der Waals surface area contributed by atoms with Gasteiger partial charge in [-0.05, 0) is 31.7 Å². The van der Waals surface area contributed by atoms with E-state index in [0.29, 0.717) is 18.1 Å². The first-order valence-corrected chi connectivity index (χ1v) is 10.9. The van der Waals surface area contributed by atoms with Crippen LogP contribution in [0.15, 0.2) is 36.4 Å². The van der Waals surface area contributed by atoms with Gasteiger partial charge in [-0.25, -0.2) is 18.1 Å². The predicted molar refractivity (Wildman–Crippen MR) is 106 cm³/mol. The van der Waals surface area contributed by atoms with Crippen molar-refractivity contribution in [3.05, 3.63) is 47.8 Å². The zero-order valence-corrected chi connectivity index (χ0v) is 16.4. The summed E-state index contributed by atoms with van der Waals surface area (Å²) in [5, 5.41) is 0. The Hall–Kier alpha value is -2.19. The fourth-order valence-electron chi connectivity index (χ4n) is 3.03. The van der Waals surface area contributed by atoms with Gasteiger partial charge in [0.2, 0.25) is 15.9 Å². The second-order valence-electron chi connectivity index (χ2n) is 6.60. The molecule has 2 aromatic rings. The van der Waals surface area contributed by atoms with Crippen LogP contribution in [0.3, 0.4) is 0 Å². The number of nitrogens with zero attached hydrogens (tertiary/aromatic N) is 3. The van der Waals surface area contributed by atoms with Crippen molar-refractivity contribution in [2.75, 3.05) is 36.9 Å². The van der Waals surface area contributed by atoms with Gasteiger partial charge in [0, 0.05) is 25.7 Å². The van der Waals surface area contributed by atoms with E-state index in [9.17, 15) is 8.42 Å². The first kappa shape index (κ1) is 19.6. The van der Waals surface area contributed by atoms with Crippen LogP contribution in [0.5, 0.6) is 5.88 Å². The summed E-state index contributed by atoms with van der Waals surface area (Å²) in [6, 6.07) is 11.4. The summed E-state index contributed by atoms with van der Waals surface area (Å²) in [6.07, 6.45) is 2.83. The Morgan fingerprint density at radius 1 is 1.15 bits per heavy atom. The number of hydrogen-bond donors (Lipinski definition) is 1. The topological polar surface area (TPSA) is 84.4 Å². The van der Waals surface area contributed by atoms with Gasteiger partial charge in [0.15, 0.2) is 0 Å². The Kier molecular flexibility index (Phi) is 6.63. The molecule has 1 aliphatic heterocycles. The monoisotopic (exact) mass is 390 g/mol. The van der Waals surface area contributed by atoms with E-state index in [-0.39, 0.29) is 18.9 Å². The number of ether oxygens (including phenoxy) is 1. The molecule has 146 valence electrons. The lowest BCUT2D eigenvalue weighted by molar-refractivity contribution is 0.309. The van der Waals surface area contributed by atoms with E-state index in [1.54, 1.807) is 0 Å². The number of sulfonamides is 1. The fourth-order valence-corrected chi connectivity index (χ4v) is 4.07. The largest absolute Gasteiger partial charge is 0.476 e. The van der Waals surface area contributed by atoms with Gasteiger partial charge in [-0.15, -0.1) is 0 Å². The summed E-state index contributed by atoms with van der Waals surface area (Å²) >= 11 is 0. The minimum Gasteiger partial charge on any atom is -0.476 e. The van der Waals surface area contributed by atoms with E-state index >= 15 is 0 Å². The van der Waals surface area contributed by atoms with Crippen LogP contribution in [0.25, 0.3) is 0 Å². The van der Waals surface area contributed by atoms with Crippen LogP contribution in [0.1, 0.15) is 24.2 Å². The van der Waals surface area contributed by atoms with Gasteiger partial charge in [0.1, 0.15) is 18.2 Å². The van der Waals surface area contributed by atoms with E-state index in [1.807, 2.05) is 43.3 Å². The number of hydrogen-bond acceptors (Lipinski definition) is 6. The first-order chi connectivity index (χ1) is 13.0. The summed E-state index contributed by atoms with van der Waals surface area (Å²) < 4.78 is 32.4. The van der Waals surface area contributed by atoms with Gasteiger partial charge in [-0.1, -0.05) is 30.3 Å². The molecule has 1 N–H and O–H groups in total. The number of nitrogens with one attached hydrogen (secondary N) is 1. The number of rotatable bonds is 9. The van der Waals surface area contributed by atoms with Crippen LogP contribution in [0.2, 0.25) is 0 Å². The van der Waals surface area contributed by atoms with Crippen LogP contribution in [-0.2, 0) is 16.4 Å². The zero-order chi connectivity index (χ0) is 19.1. The van der Waals surface area contributed by atoms with E-state index in [4.69, 9.17) is 4.74 Å². The van der Waals surface area contributed by atoms with Gasteiger partial charge < -0.3 is 9.64 Å². The van der Waals surface area contributed by atoms with Gasteiger partial charge in [-0.3, -0.25) is 0 Å². The maximum Gasteiger partial charge on any atom is 0.218 e. The number of aromatic nitrogens is 2. The summed E-state index contributed by atoms with van der Waals surface area (Å²) in [5.74, 6) is 2.06. The average molecular weight is 391 g/mol. The van der Waals surface area contributed by atoms with Crippen molar-refractivity contribution in [1.29, 1.82) is 0 Å². The second-order valence-corrected chi connectivity index (χ2v) is 8.53. The molecule has 8 heteroatoms. The Bertz CT molecular complexity index is 837. The van der Waals surface area contributed by atoms with Crippen molar-refractivity contribution in [3.63, 3.8) is 0 Å². The van der Waals surface area contributed by atoms with E-state index in [1.165, 1.54) is 12.8 Å². The molecule has 0 radical (unpaired) electrons. The third-order valence-electron chi connectivity index (χ3n) is 4.41. The molecule has 0 amide bonds. The molecule has 1 saturated heterocycles. The molecule has 27 heavy (non-hydrogen) atoms. The predicted octanol–water partition coefficient (Wildman–Crippen LogP) is 1.93. The lowest BCUT2D eigenvalue weighted by Crippen LogP contribution is -2.31. The highest BCUT2D eigenvalue weighted by atomic mass is 32.2. The van der Waals surface area contributed by atoms with Crippen LogP contribution >= 0.6 is 0 Å². The van der Waals surface area contributed by atoms with Crippen LogP contribution in [0, 0.1) is 6.92 Å². The smallest absolute Gasteiger partial charge is 0.218 e. The molecule has 3 rings (SSSR count). The molecule has 0 atom stereocenters. The SMILES string of the molecule is Cc1nc(OCCNS(=O)(=O)CCc2ccccc2)cc(N2CCCC2)n1. The van der Waals surface area contributed by atoms with Gasteiger partial charge in [0.25, 0.3) is 0 Å². The Morgan fingerprint density at radius 2 is 1.89 bits per heavy atom. The molecular weight excluding hydrogens is 364 g/mol. The van der Waals surface area contributed by atoms with Crippen molar-refractivity contribution in [1.82, 2.24) is 14.7 Å². The quantitative estimate of drug-likeness (QED) is 0.659. The normalized spacial score (nSPS) is 14.5. The third-order valence-corrected chi connectivity index (χ3v) is 5.79. The molecule has 2 heterocycles. The highest BCUT2D eigenvalue weighted by Gasteiger charge is 2.15. The highest BCUT2D eigenvalue weighted by Crippen LogP contribution is 2.21.